The van der Waals surface area contributed by atoms with Crippen molar-refractivity contribution in [3.63, 3.8) is 0 Å². The third kappa shape index (κ3) is 3.25. The largest absolute Gasteiger partial charge is 0.497 e. The predicted octanol–water partition coefficient (Wildman–Crippen LogP) is 3.38. The highest BCUT2D eigenvalue weighted by Crippen LogP contribution is 2.33. The Bertz CT molecular complexity index is 771. The molecule has 0 bridgehead atoms. The van der Waals surface area contributed by atoms with Gasteiger partial charge in [-0.3, -0.25) is 0 Å². The molecule has 1 saturated heterocycles. The number of hydrogen-bond acceptors (Lipinski definition) is 4. The van der Waals surface area contributed by atoms with E-state index >= 15 is 0 Å². The Balaban J connectivity index is 1.51. The molecule has 0 radical (unpaired) electrons. The van der Waals surface area contributed by atoms with Crippen LogP contribution in [-0.2, 0) is 13.0 Å². The van der Waals surface area contributed by atoms with Crippen molar-refractivity contribution in [1.82, 2.24) is 19.7 Å². The van der Waals surface area contributed by atoms with Crippen LogP contribution in [0.3, 0.4) is 0 Å². The van der Waals surface area contributed by atoms with Crippen LogP contribution in [0.2, 0.25) is 0 Å². The number of urea groups is 1. The number of ether oxygens (including phenoxy) is 1. The lowest BCUT2D eigenvalue weighted by atomic mass is 10.2. The van der Waals surface area contributed by atoms with Gasteiger partial charge < -0.3 is 19.5 Å². The molecule has 7 nitrogen and oxygen atoms in total. The normalized spacial score (nSPS) is 19.7. The molecular weight excluding hydrogens is 330 g/mol. The summed E-state index contributed by atoms with van der Waals surface area (Å²) < 4.78 is 7.41. The van der Waals surface area contributed by atoms with Gasteiger partial charge in [-0.2, -0.15) is 0 Å². The first kappa shape index (κ1) is 16.9. The Morgan fingerprint density at radius 1 is 1.12 bits per heavy atom. The van der Waals surface area contributed by atoms with E-state index in [1.807, 2.05) is 29.2 Å². The van der Waals surface area contributed by atoms with Crippen LogP contribution in [0.1, 0.15) is 49.8 Å². The minimum Gasteiger partial charge on any atom is -0.497 e. The second kappa shape index (κ2) is 7.35. The predicted molar refractivity (Wildman–Crippen MR) is 98.3 cm³/mol. The van der Waals surface area contributed by atoms with Gasteiger partial charge in [0.25, 0.3) is 0 Å². The van der Waals surface area contributed by atoms with Gasteiger partial charge >= 0.3 is 6.03 Å². The minimum absolute atomic E-state index is 0.00704. The van der Waals surface area contributed by atoms with Gasteiger partial charge in [-0.25, -0.2) is 4.79 Å². The van der Waals surface area contributed by atoms with Crippen LogP contribution < -0.4 is 10.1 Å². The summed E-state index contributed by atoms with van der Waals surface area (Å²) >= 11 is 0. The first-order chi connectivity index (χ1) is 12.8. The fraction of sp³-hybridized carbons (Fsp3) is 0.526. The van der Waals surface area contributed by atoms with E-state index in [1.165, 1.54) is 12.8 Å². The number of carbonyl (C=O) groups is 1. The standard InChI is InChI=1S/C19H25N5O2/c1-26-15-10-8-14(9-11-15)20-19(25)23-13-5-6-16(23)18-22-21-17-7-3-2-4-12-24(17)18/h8-11,16H,2-7,12-13H2,1H3,(H,20,25)/t16-/m0/s1. The van der Waals surface area contributed by atoms with E-state index < -0.39 is 0 Å². The topological polar surface area (TPSA) is 72.3 Å². The second-order valence-corrected chi connectivity index (χ2v) is 6.95. The summed E-state index contributed by atoms with van der Waals surface area (Å²) in [4.78, 5) is 14.7. The summed E-state index contributed by atoms with van der Waals surface area (Å²) in [5.74, 6) is 2.79. The van der Waals surface area contributed by atoms with E-state index in [4.69, 9.17) is 4.74 Å². The molecule has 0 saturated carbocycles. The molecule has 1 N–H and O–H groups in total. The third-order valence-corrected chi connectivity index (χ3v) is 5.29. The van der Waals surface area contributed by atoms with Gasteiger partial charge in [0.1, 0.15) is 11.6 Å². The number of anilines is 1. The van der Waals surface area contributed by atoms with Crippen LogP contribution in [0.5, 0.6) is 5.75 Å². The van der Waals surface area contributed by atoms with Gasteiger partial charge in [-0.05, 0) is 49.9 Å². The van der Waals surface area contributed by atoms with Crippen molar-refractivity contribution in [2.75, 3.05) is 19.0 Å². The molecule has 1 aromatic carbocycles. The van der Waals surface area contributed by atoms with Gasteiger partial charge in [-0.15, -0.1) is 10.2 Å². The van der Waals surface area contributed by atoms with Crippen molar-refractivity contribution in [2.45, 2.75) is 51.1 Å². The number of hydrogen-bond donors (Lipinski definition) is 1. The molecule has 2 aromatic rings. The molecule has 3 heterocycles. The molecule has 26 heavy (non-hydrogen) atoms. The molecule has 1 fully saturated rings. The minimum atomic E-state index is -0.0800. The number of nitrogens with one attached hydrogen (secondary N) is 1. The average Bonchev–Trinajstić information content (AvgIpc) is 3.23. The summed E-state index contributed by atoms with van der Waals surface area (Å²) in [5, 5.41) is 11.9. The Labute approximate surface area is 153 Å². The Kier molecular flexibility index (Phi) is 4.77. The maximum Gasteiger partial charge on any atom is 0.322 e. The zero-order valence-electron chi connectivity index (χ0n) is 15.1. The van der Waals surface area contributed by atoms with E-state index in [9.17, 15) is 4.79 Å². The number of methoxy groups -OCH3 is 1. The number of rotatable bonds is 3. The van der Waals surface area contributed by atoms with Gasteiger partial charge in [-0.1, -0.05) is 6.42 Å². The molecule has 0 unspecified atom stereocenters. The molecule has 1 aromatic heterocycles. The Morgan fingerprint density at radius 2 is 1.96 bits per heavy atom. The van der Waals surface area contributed by atoms with E-state index in [-0.39, 0.29) is 12.1 Å². The SMILES string of the molecule is COc1ccc(NC(=O)N2CCC[C@H]2c2nnc3n2CCCCC3)cc1. The first-order valence-corrected chi connectivity index (χ1v) is 9.40. The molecule has 138 valence electrons. The van der Waals surface area contributed by atoms with Crippen molar-refractivity contribution in [2.24, 2.45) is 0 Å². The van der Waals surface area contributed by atoms with Gasteiger partial charge in [0, 0.05) is 25.2 Å². The monoisotopic (exact) mass is 355 g/mol. The van der Waals surface area contributed by atoms with E-state index in [1.54, 1.807) is 7.11 Å². The number of carbonyl (C=O) groups excluding carboxylic acids is 1. The molecule has 7 heteroatoms. The smallest absolute Gasteiger partial charge is 0.322 e. The van der Waals surface area contributed by atoms with Crippen molar-refractivity contribution in [3.8, 4) is 5.75 Å². The highest BCUT2D eigenvalue weighted by atomic mass is 16.5. The van der Waals surface area contributed by atoms with Crippen molar-refractivity contribution < 1.29 is 9.53 Å². The molecule has 2 aliphatic rings. The van der Waals surface area contributed by atoms with Crippen LogP contribution >= 0.6 is 0 Å². The first-order valence-electron chi connectivity index (χ1n) is 9.40. The molecular formula is C19H25N5O2. The number of aryl methyl sites for hydroxylation is 1. The Morgan fingerprint density at radius 3 is 2.77 bits per heavy atom. The lowest BCUT2D eigenvalue weighted by Crippen LogP contribution is -2.35. The van der Waals surface area contributed by atoms with E-state index in [0.29, 0.717) is 0 Å². The highest BCUT2D eigenvalue weighted by Gasteiger charge is 2.34. The molecule has 4 rings (SSSR count). The van der Waals surface area contributed by atoms with E-state index in [2.05, 4.69) is 20.1 Å². The number of nitrogens with zero attached hydrogens (tertiary/aromatic N) is 4. The summed E-state index contributed by atoms with van der Waals surface area (Å²) in [6.45, 7) is 1.71. The fourth-order valence-electron chi connectivity index (χ4n) is 3.90. The summed E-state index contributed by atoms with van der Waals surface area (Å²) in [5.41, 5.74) is 0.765. The van der Waals surface area contributed by atoms with E-state index in [0.717, 1.165) is 61.9 Å². The maximum absolute atomic E-state index is 12.8. The third-order valence-electron chi connectivity index (χ3n) is 5.29. The number of fused-ring (bicyclic) bond motifs is 1. The van der Waals surface area contributed by atoms with Gasteiger partial charge in [0.15, 0.2) is 5.82 Å². The van der Waals surface area contributed by atoms with Gasteiger partial charge in [0.05, 0.1) is 13.2 Å². The van der Waals surface area contributed by atoms with Crippen molar-refractivity contribution >= 4 is 11.7 Å². The number of aromatic nitrogens is 3. The van der Waals surface area contributed by atoms with Crippen molar-refractivity contribution in [1.29, 1.82) is 0 Å². The van der Waals surface area contributed by atoms with Gasteiger partial charge in [0.2, 0.25) is 0 Å². The van der Waals surface area contributed by atoms with Crippen LogP contribution in [0.15, 0.2) is 24.3 Å². The van der Waals surface area contributed by atoms with Crippen LogP contribution in [0, 0.1) is 0 Å². The number of likely N-dealkylation sites (tertiary alicyclic amines) is 1. The van der Waals surface area contributed by atoms with Crippen molar-refractivity contribution in [3.05, 3.63) is 35.9 Å². The zero-order chi connectivity index (χ0) is 17.9. The molecule has 2 aliphatic heterocycles. The summed E-state index contributed by atoms with van der Waals surface area (Å²) in [6, 6.07) is 7.32. The molecule has 2 amide bonds. The lowest BCUT2D eigenvalue weighted by molar-refractivity contribution is 0.203. The highest BCUT2D eigenvalue weighted by molar-refractivity contribution is 5.89. The molecule has 0 spiro atoms. The van der Waals surface area contributed by atoms with Crippen LogP contribution in [-0.4, -0.2) is 39.4 Å². The number of amides is 2. The quantitative estimate of drug-likeness (QED) is 0.916. The zero-order valence-corrected chi connectivity index (χ0v) is 15.1. The summed E-state index contributed by atoms with van der Waals surface area (Å²) in [6.07, 6.45) is 6.47. The molecule has 1 atom stereocenters. The Hall–Kier alpha value is -2.57. The van der Waals surface area contributed by atoms with Crippen LogP contribution in [0.25, 0.3) is 0 Å². The van der Waals surface area contributed by atoms with Crippen LogP contribution in [0.4, 0.5) is 10.5 Å². The number of benzene rings is 1. The second-order valence-electron chi connectivity index (χ2n) is 6.95. The maximum atomic E-state index is 12.8. The fourth-order valence-corrected chi connectivity index (χ4v) is 3.90. The summed E-state index contributed by atoms with van der Waals surface area (Å²) in [7, 11) is 1.63. The molecule has 0 aliphatic carbocycles. The average molecular weight is 355 g/mol. The lowest BCUT2D eigenvalue weighted by Gasteiger charge is -2.25.